The summed E-state index contributed by atoms with van der Waals surface area (Å²) in [6.07, 6.45) is 1.67. The molecule has 2 aromatic carbocycles. The number of methoxy groups -OCH3 is 1. The van der Waals surface area contributed by atoms with E-state index in [1.165, 1.54) is 12.1 Å². The average Bonchev–Trinajstić information content (AvgIpc) is 3.29. The third-order valence-corrected chi connectivity index (χ3v) is 5.74. The summed E-state index contributed by atoms with van der Waals surface area (Å²) in [6, 6.07) is 18.9. The number of benzene rings is 2. The lowest BCUT2D eigenvalue weighted by Gasteiger charge is -2.18. The molecule has 2 amide bonds. The smallest absolute Gasteiger partial charge is 0.256 e. The molecule has 7 heteroatoms. The number of amides is 2. The number of ether oxygens (including phenoxy) is 1. The molecular weight excluding hydrogens is 409 g/mol. The van der Waals surface area contributed by atoms with Crippen LogP contribution in [0.4, 0.5) is 4.39 Å². The number of hydrogen-bond acceptors (Lipinski definition) is 4. The van der Waals surface area contributed by atoms with Gasteiger partial charge in [-0.15, -0.1) is 0 Å². The molecule has 2 unspecified atom stereocenters. The summed E-state index contributed by atoms with van der Waals surface area (Å²) in [6.45, 7) is 0.799. The molecule has 1 fully saturated rings. The van der Waals surface area contributed by atoms with Gasteiger partial charge in [-0.25, -0.2) is 4.39 Å². The molecule has 0 aliphatic carbocycles. The number of likely N-dealkylation sites (tertiary alicyclic amines) is 1. The Kier molecular flexibility index (Phi) is 6.44. The topological polar surface area (TPSA) is 71.5 Å². The average molecular weight is 433 g/mol. The van der Waals surface area contributed by atoms with Gasteiger partial charge in [0.1, 0.15) is 11.6 Å². The van der Waals surface area contributed by atoms with Crippen molar-refractivity contribution in [3.63, 3.8) is 0 Å². The van der Waals surface area contributed by atoms with Gasteiger partial charge >= 0.3 is 0 Å². The van der Waals surface area contributed by atoms with Crippen LogP contribution >= 0.6 is 0 Å². The second-order valence-electron chi connectivity index (χ2n) is 7.72. The van der Waals surface area contributed by atoms with Crippen LogP contribution in [-0.4, -0.2) is 41.9 Å². The second kappa shape index (κ2) is 9.60. The van der Waals surface area contributed by atoms with E-state index in [1.807, 2.05) is 42.5 Å². The largest absolute Gasteiger partial charge is 0.497 e. The number of carbonyl (C=O) groups excluding carboxylic acids is 2. The van der Waals surface area contributed by atoms with Crippen LogP contribution in [0.1, 0.15) is 27.5 Å². The zero-order valence-corrected chi connectivity index (χ0v) is 17.7. The Labute approximate surface area is 186 Å². The summed E-state index contributed by atoms with van der Waals surface area (Å²) >= 11 is 0. The van der Waals surface area contributed by atoms with Crippen LogP contribution in [0.25, 0.3) is 0 Å². The summed E-state index contributed by atoms with van der Waals surface area (Å²) in [4.78, 5) is 32.0. The standard InChI is InChI=1S/C25H24FN3O3/c1-32-19-9-6-7-17(13-19)21-15-29(25(31)20-10-2-3-11-23(20)26)16-22(21)24(30)28-14-18-8-4-5-12-27-18/h2-13,21-22H,14-16H2,1H3,(H,28,30). The fraction of sp³-hybridized carbons (Fsp3) is 0.240. The van der Waals surface area contributed by atoms with E-state index >= 15 is 0 Å². The Morgan fingerprint density at radius 2 is 1.91 bits per heavy atom. The first-order valence-corrected chi connectivity index (χ1v) is 10.4. The molecular formula is C25H24FN3O3. The summed E-state index contributed by atoms with van der Waals surface area (Å²) in [7, 11) is 1.58. The van der Waals surface area contributed by atoms with Gasteiger partial charge in [0.25, 0.3) is 5.91 Å². The van der Waals surface area contributed by atoms with Gasteiger partial charge in [-0.2, -0.15) is 0 Å². The Morgan fingerprint density at radius 1 is 1.09 bits per heavy atom. The molecule has 4 rings (SSSR count). The number of rotatable bonds is 6. The van der Waals surface area contributed by atoms with E-state index in [1.54, 1.807) is 30.3 Å². The predicted molar refractivity (Wildman–Crippen MR) is 118 cm³/mol. The maximum absolute atomic E-state index is 14.2. The molecule has 32 heavy (non-hydrogen) atoms. The quantitative estimate of drug-likeness (QED) is 0.647. The van der Waals surface area contributed by atoms with Gasteiger partial charge in [0.15, 0.2) is 0 Å². The number of nitrogens with one attached hydrogen (secondary N) is 1. The van der Waals surface area contributed by atoms with Crippen LogP contribution in [0.5, 0.6) is 5.75 Å². The summed E-state index contributed by atoms with van der Waals surface area (Å²) < 4.78 is 19.6. The van der Waals surface area contributed by atoms with Crippen LogP contribution in [-0.2, 0) is 11.3 Å². The molecule has 1 aliphatic heterocycles. The Morgan fingerprint density at radius 3 is 2.66 bits per heavy atom. The van der Waals surface area contributed by atoms with Gasteiger partial charge in [-0.05, 0) is 42.0 Å². The third-order valence-electron chi connectivity index (χ3n) is 5.74. The van der Waals surface area contributed by atoms with Crippen molar-refractivity contribution in [3.05, 3.63) is 95.6 Å². The highest BCUT2D eigenvalue weighted by molar-refractivity contribution is 5.95. The van der Waals surface area contributed by atoms with Crippen molar-refractivity contribution in [3.8, 4) is 5.75 Å². The van der Waals surface area contributed by atoms with Crippen molar-refractivity contribution in [2.75, 3.05) is 20.2 Å². The summed E-state index contributed by atoms with van der Waals surface area (Å²) in [5.74, 6) is -1.22. The lowest BCUT2D eigenvalue weighted by Crippen LogP contribution is -2.35. The zero-order valence-electron chi connectivity index (χ0n) is 17.7. The molecule has 1 aliphatic rings. The number of nitrogens with zero attached hydrogens (tertiary/aromatic N) is 2. The first kappa shape index (κ1) is 21.5. The van der Waals surface area contributed by atoms with Crippen molar-refractivity contribution in [2.45, 2.75) is 12.5 Å². The maximum Gasteiger partial charge on any atom is 0.256 e. The van der Waals surface area contributed by atoms with E-state index in [4.69, 9.17) is 4.74 Å². The minimum absolute atomic E-state index is 0.00596. The monoisotopic (exact) mass is 433 g/mol. The minimum atomic E-state index is -0.571. The summed E-state index contributed by atoms with van der Waals surface area (Å²) in [5, 5.41) is 2.94. The first-order chi connectivity index (χ1) is 15.6. The first-order valence-electron chi connectivity index (χ1n) is 10.4. The van der Waals surface area contributed by atoms with E-state index in [0.29, 0.717) is 18.8 Å². The molecule has 1 saturated heterocycles. The Hall–Kier alpha value is -3.74. The van der Waals surface area contributed by atoms with E-state index < -0.39 is 17.6 Å². The predicted octanol–water partition coefficient (Wildman–Crippen LogP) is 3.40. The van der Waals surface area contributed by atoms with Gasteiger partial charge in [0.2, 0.25) is 5.91 Å². The molecule has 164 valence electrons. The van der Waals surface area contributed by atoms with E-state index in [9.17, 15) is 14.0 Å². The van der Waals surface area contributed by atoms with Crippen LogP contribution in [0.3, 0.4) is 0 Å². The number of pyridine rings is 1. The highest BCUT2D eigenvalue weighted by Crippen LogP contribution is 2.35. The normalized spacial score (nSPS) is 17.8. The molecule has 0 saturated carbocycles. The van der Waals surface area contributed by atoms with Crippen molar-refractivity contribution in [2.24, 2.45) is 5.92 Å². The van der Waals surface area contributed by atoms with Gasteiger partial charge < -0.3 is 15.0 Å². The van der Waals surface area contributed by atoms with Crippen LogP contribution in [0.15, 0.2) is 72.9 Å². The van der Waals surface area contributed by atoms with Crippen molar-refractivity contribution < 1.29 is 18.7 Å². The van der Waals surface area contributed by atoms with Gasteiger partial charge in [-0.3, -0.25) is 14.6 Å². The molecule has 1 N–H and O–H groups in total. The molecule has 0 spiro atoms. The van der Waals surface area contributed by atoms with Crippen molar-refractivity contribution in [1.29, 1.82) is 0 Å². The van der Waals surface area contributed by atoms with Gasteiger partial charge in [0.05, 0.1) is 30.8 Å². The Balaban J connectivity index is 1.58. The van der Waals surface area contributed by atoms with E-state index in [0.717, 1.165) is 11.3 Å². The summed E-state index contributed by atoms with van der Waals surface area (Å²) in [5.41, 5.74) is 1.65. The Bertz CT molecular complexity index is 1110. The van der Waals surface area contributed by atoms with Crippen molar-refractivity contribution >= 4 is 11.8 Å². The van der Waals surface area contributed by atoms with Crippen LogP contribution in [0.2, 0.25) is 0 Å². The highest BCUT2D eigenvalue weighted by Gasteiger charge is 2.41. The minimum Gasteiger partial charge on any atom is -0.497 e. The fourth-order valence-electron chi connectivity index (χ4n) is 4.06. The molecule has 1 aromatic heterocycles. The second-order valence-corrected chi connectivity index (χ2v) is 7.72. The van der Waals surface area contributed by atoms with Gasteiger partial charge in [0, 0.05) is 25.2 Å². The SMILES string of the molecule is COc1cccc(C2CN(C(=O)c3ccccc3F)CC2C(=O)NCc2ccccn2)c1. The van der Waals surface area contributed by atoms with E-state index in [2.05, 4.69) is 10.3 Å². The fourth-order valence-corrected chi connectivity index (χ4v) is 4.06. The third kappa shape index (κ3) is 4.61. The van der Waals surface area contributed by atoms with E-state index in [-0.39, 0.29) is 23.9 Å². The van der Waals surface area contributed by atoms with Crippen LogP contribution in [0, 0.1) is 11.7 Å². The lowest BCUT2D eigenvalue weighted by molar-refractivity contribution is -0.125. The maximum atomic E-state index is 14.2. The molecule has 2 atom stereocenters. The zero-order chi connectivity index (χ0) is 22.5. The molecule has 0 radical (unpaired) electrons. The molecule has 2 heterocycles. The van der Waals surface area contributed by atoms with Crippen LogP contribution < -0.4 is 10.1 Å². The highest BCUT2D eigenvalue weighted by atomic mass is 19.1. The lowest BCUT2D eigenvalue weighted by atomic mass is 9.88. The molecule has 3 aromatic rings. The molecule has 0 bridgehead atoms. The van der Waals surface area contributed by atoms with Gasteiger partial charge in [-0.1, -0.05) is 30.3 Å². The number of aromatic nitrogens is 1. The molecule has 6 nitrogen and oxygen atoms in total. The van der Waals surface area contributed by atoms with Crippen molar-refractivity contribution in [1.82, 2.24) is 15.2 Å². The number of carbonyl (C=O) groups is 2. The number of halogens is 1. The number of hydrogen-bond donors (Lipinski definition) is 1.